The highest BCUT2D eigenvalue weighted by molar-refractivity contribution is 7.89. The fourth-order valence-corrected chi connectivity index (χ4v) is 3.00. The topological polar surface area (TPSA) is 62.3 Å². The molecule has 0 atom stereocenters. The fourth-order valence-electron chi connectivity index (χ4n) is 1.84. The van der Waals surface area contributed by atoms with Gasteiger partial charge in [0, 0.05) is 38.5 Å². The highest BCUT2D eigenvalue weighted by atomic mass is 32.2. The Bertz CT molecular complexity index is 735. The van der Waals surface area contributed by atoms with Crippen LogP contribution in [0.5, 0.6) is 0 Å². The molecule has 0 bridgehead atoms. The summed E-state index contributed by atoms with van der Waals surface area (Å²) in [4.78, 5) is 4.09. The first-order valence-corrected chi connectivity index (χ1v) is 7.72. The zero-order valence-corrected chi connectivity index (χ0v) is 12.6. The van der Waals surface area contributed by atoms with E-state index in [4.69, 9.17) is 0 Å². The molecule has 2 aromatic rings. The first-order valence-electron chi connectivity index (χ1n) is 6.28. The van der Waals surface area contributed by atoms with Crippen molar-refractivity contribution in [2.45, 2.75) is 11.4 Å². The van der Waals surface area contributed by atoms with Crippen molar-refractivity contribution in [2.75, 3.05) is 19.4 Å². The van der Waals surface area contributed by atoms with Crippen LogP contribution in [-0.4, -0.2) is 31.8 Å². The number of aromatic nitrogens is 1. The lowest BCUT2D eigenvalue weighted by molar-refractivity contribution is 0.456. The van der Waals surface area contributed by atoms with Crippen LogP contribution >= 0.6 is 0 Å². The molecule has 1 aromatic heterocycles. The van der Waals surface area contributed by atoms with E-state index in [1.807, 2.05) is 0 Å². The van der Waals surface area contributed by atoms with Crippen LogP contribution in [-0.2, 0) is 16.6 Å². The number of nitrogens with zero attached hydrogens (tertiary/aromatic N) is 2. The summed E-state index contributed by atoms with van der Waals surface area (Å²) >= 11 is 0. The monoisotopic (exact) mass is 309 g/mol. The van der Waals surface area contributed by atoms with Gasteiger partial charge in [0.05, 0.1) is 4.90 Å². The van der Waals surface area contributed by atoms with E-state index < -0.39 is 15.8 Å². The van der Waals surface area contributed by atoms with Gasteiger partial charge in [0.25, 0.3) is 0 Å². The van der Waals surface area contributed by atoms with E-state index in [0.29, 0.717) is 11.4 Å². The number of benzene rings is 1. The van der Waals surface area contributed by atoms with Crippen LogP contribution in [0.3, 0.4) is 0 Å². The summed E-state index contributed by atoms with van der Waals surface area (Å²) in [5.41, 5.74) is 0.325. The lowest BCUT2D eigenvalue weighted by Gasteiger charge is -2.18. The van der Waals surface area contributed by atoms with Crippen molar-refractivity contribution in [3.63, 3.8) is 0 Å². The quantitative estimate of drug-likeness (QED) is 0.918. The first kappa shape index (κ1) is 15.4. The van der Waals surface area contributed by atoms with Gasteiger partial charge in [0.1, 0.15) is 11.6 Å². The summed E-state index contributed by atoms with van der Waals surface area (Å²) in [7, 11) is -0.627. The average molecular weight is 309 g/mol. The number of pyridine rings is 1. The molecule has 5 nitrogen and oxygen atoms in total. The minimum Gasteiger partial charge on any atom is -0.373 e. The molecule has 0 fully saturated rings. The van der Waals surface area contributed by atoms with Crippen LogP contribution in [0, 0.1) is 5.82 Å². The highest BCUT2D eigenvalue weighted by Crippen LogP contribution is 2.19. The summed E-state index contributed by atoms with van der Waals surface area (Å²) in [5, 5.41) is 2.78. The van der Waals surface area contributed by atoms with Gasteiger partial charge in [-0.1, -0.05) is 18.2 Å². The molecule has 1 heterocycles. The van der Waals surface area contributed by atoms with Crippen LogP contribution < -0.4 is 5.32 Å². The number of anilines is 1. The minimum atomic E-state index is -3.70. The summed E-state index contributed by atoms with van der Waals surface area (Å²) in [5.74, 6) is 0.0283. The lowest BCUT2D eigenvalue weighted by Crippen LogP contribution is -2.27. The average Bonchev–Trinajstić information content (AvgIpc) is 2.49. The van der Waals surface area contributed by atoms with Gasteiger partial charge in [-0.3, -0.25) is 0 Å². The second-order valence-electron chi connectivity index (χ2n) is 4.48. The Labute approximate surface area is 123 Å². The molecule has 1 aromatic carbocycles. The molecule has 0 unspecified atom stereocenters. The van der Waals surface area contributed by atoms with E-state index in [1.54, 1.807) is 25.2 Å². The van der Waals surface area contributed by atoms with Crippen LogP contribution in [0.2, 0.25) is 0 Å². The fraction of sp³-hybridized carbons (Fsp3) is 0.214. The minimum absolute atomic E-state index is 0.0355. The van der Waals surface area contributed by atoms with Gasteiger partial charge >= 0.3 is 0 Å². The second kappa shape index (κ2) is 6.19. The van der Waals surface area contributed by atoms with E-state index in [9.17, 15) is 12.8 Å². The number of hydrogen-bond donors (Lipinski definition) is 1. The Balaban J connectivity index is 2.28. The van der Waals surface area contributed by atoms with E-state index in [-0.39, 0.29) is 11.4 Å². The first-order chi connectivity index (χ1) is 9.95. The van der Waals surface area contributed by atoms with Crippen molar-refractivity contribution in [1.82, 2.24) is 9.29 Å². The number of nitrogens with one attached hydrogen (secondary N) is 1. The zero-order chi connectivity index (χ0) is 15.5. The number of sulfonamides is 1. The molecule has 0 saturated carbocycles. The lowest BCUT2D eigenvalue weighted by atomic mass is 10.2. The Morgan fingerprint density at radius 2 is 2.00 bits per heavy atom. The molecule has 0 spiro atoms. The van der Waals surface area contributed by atoms with Gasteiger partial charge in [-0.15, -0.1) is 0 Å². The standard InChI is InChI=1S/C14H16FN3O2S/c1-16-14-9-12(7-8-17-14)21(19,20)18(2)10-11-5-3-4-6-13(11)15/h3-9H,10H2,1-2H3,(H,16,17). The molecular weight excluding hydrogens is 293 g/mol. The summed E-state index contributed by atoms with van der Waals surface area (Å²) in [6.45, 7) is -0.0355. The maximum Gasteiger partial charge on any atom is 0.243 e. The zero-order valence-electron chi connectivity index (χ0n) is 11.7. The van der Waals surface area contributed by atoms with Gasteiger partial charge < -0.3 is 5.32 Å². The Morgan fingerprint density at radius 1 is 1.29 bits per heavy atom. The van der Waals surface area contributed by atoms with Crippen molar-refractivity contribution in [3.8, 4) is 0 Å². The molecule has 0 aliphatic heterocycles. The van der Waals surface area contributed by atoms with E-state index in [1.165, 1.54) is 31.4 Å². The maximum absolute atomic E-state index is 13.6. The third kappa shape index (κ3) is 3.37. The van der Waals surface area contributed by atoms with Gasteiger partial charge in [0.2, 0.25) is 10.0 Å². The van der Waals surface area contributed by atoms with Gasteiger partial charge in [-0.25, -0.2) is 17.8 Å². The van der Waals surface area contributed by atoms with Gasteiger partial charge in [0.15, 0.2) is 0 Å². The largest absolute Gasteiger partial charge is 0.373 e. The second-order valence-corrected chi connectivity index (χ2v) is 6.52. The van der Waals surface area contributed by atoms with E-state index >= 15 is 0 Å². The molecule has 21 heavy (non-hydrogen) atoms. The van der Waals surface area contributed by atoms with Crippen LogP contribution in [0.1, 0.15) is 5.56 Å². The van der Waals surface area contributed by atoms with Crippen LogP contribution in [0.4, 0.5) is 10.2 Å². The van der Waals surface area contributed by atoms with Crippen LogP contribution in [0.15, 0.2) is 47.5 Å². The number of rotatable bonds is 5. The van der Waals surface area contributed by atoms with Crippen molar-refractivity contribution in [2.24, 2.45) is 0 Å². The van der Waals surface area contributed by atoms with E-state index in [2.05, 4.69) is 10.3 Å². The molecule has 2 rings (SSSR count). The van der Waals surface area contributed by atoms with Gasteiger partial charge in [-0.2, -0.15) is 4.31 Å². The Kier molecular flexibility index (Phi) is 4.54. The third-order valence-corrected chi connectivity index (χ3v) is 4.85. The van der Waals surface area contributed by atoms with Gasteiger partial charge in [-0.05, 0) is 12.1 Å². The Morgan fingerprint density at radius 3 is 2.67 bits per heavy atom. The van der Waals surface area contributed by atoms with Crippen LogP contribution in [0.25, 0.3) is 0 Å². The van der Waals surface area contributed by atoms with Crippen molar-refractivity contribution < 1.29 is 12.8 Å². The molecule has 0 aliphatic rings. The van der Waals surface area contributed by atoms with Crippen molar-refractivity contribution in [1.29, 1.82) is 0 Å². The summed E-state index contributed by atoms with van der Waals surface area (Å²) in [6, 6.07) is 8.95. The molecule has 0 amide bonds. The van der Waals surface area contributed by atoms with Crippen molar-refractivity contribution in [3.05, 3.63) is 54.0 Å². The van der Waals surface area contributed by atoms with E-state index in [0.717, 1.165) is 4.31 Å². The predicted octanol–water partition coefficient (Wildman–Crippen LogP) is 2.08. The SMILES string of the molecule is CNc1cc(S(=O)(=O)N(C)Cc2ccccc2F)ccn1. The Hall–Kier alpha value is -1.99. The molecule has 112 valence electrons. The third-order valence-electron chi connectivity index (χ3n) is 3.05. The predicted molar refractivity (Wildman–Crippen MR) is 78.8 cm³/mol. The maximum atomic E-state index is 13.6. The smallest absolute Gasteiger partial charge is 0.243 e. The number of halogens is 1. The van der Waals surface area contributed by atoms with Crippen molar-refractivity contribution >= 4 is 15.8 Å². The normalized spacial score (nSPS) is 11.6. The highest BCUT2D eigenvalue weighted by Gasteiger charge is 2.22. The molecule has 1 N–H and O–H groups in total. The molecular formula is C14H16FN3O2S. The number of hydrogen-bond acceptors (Lipinski definition) is 4. The molecule has 7 heteroatoms. The molecule has 0 saturated heterocycles. The summed E-state index contributed by atoms with van der Waals surface area (Å²) < 4.78 is 39.7. The molecule has 0 radical (unpaired) electrons. The molecule has 0 aliphatic carbocycles. The summed E-state index contributed by atoms with van der Waals surface area (Å²) in [6.07, 6.45) is 1.41.